The Morgan fingerprint density at radius 3 is 1.87 bits per heavy atom. The molecule has 3 fully saturated rings. The van der Waals surface area contributed by atoms with Crippen LogP contribution in [-0.4, -0.2) is 17.5 Å². The molecule has 0 aliphatic heterocycles. The number of fused-ring (bicyclic) bond motifs is 3. The molecule has 84 valence electrons. The van der Waals surface area contributed by atoms with Gasteiger partial charge in [-0.15, -0.1) is 0 Å². The number of amides is 1. The highest BCUT2D eigenvalue weighted by Gasteiger charge is 2.53. The van der Waals surface area contributed by atoms with Gasteiger partial charge in [-0.05, 0) is 38.5 Å². The maximum Gasteiger partial charge on any atom is 0.303 e. The van der Waals surface area contributed by atoms with Crippen molar-refractivity contribution in [2.45, 2.75) is 51.0 Å². The first-order valence-electron chi connectivity index (χ1n) is 5.48. The molecule has 0 radical (unpaired) electrons. The van der Waals surface area contributed by atoms with Crippen LogP contribution in [0.4, 0.5) is 0 Å². The first-order chi connectivity index (χ1) is 6.98. The number of esters is 1. The standard InChI is InChI=1S/C11H17NO3/c1-8(13)15-11-5-2-10(3-6-11,4-7-11)9(12)14/h2-7H2,1H3,(H2,12,14). The lowest BCUT2D eigenvalue weighted by Crippen LogP contribution is -2.53. The second-order valence-electron chi connectivity index (χ2n) is 4.92. The first kappa shape index (κ1) is 10.5. The van der Waals surface area contributed by atoms with Crippen molar-refractivity contribution >= 4 is 11.9 Å². The molecule has 3 aliphatic rings. The summed E-state index contributed by atoms with van der Waals surface area (Å²) in [5, 5.41) is 0. The smallest absolute Gasteiger partial charge is 0.303 e. The average molecular weight is 211 g/mol. The topological polar surface area (TPSA) is 69.4 Å². The van der Waals surface area contributed by atoms with Crippen molar-refractivity contribution in [1.29, 1.82) is 0 Å². The summed E-state index contributed by atoms with van der Waals surface area (Å²) in [7, 11) is 0. The number of nitrogens with two attached hydrogens (primary N) is 1. The summed E-state index contributed by atoms with van der Waals surface area (Å²) in [5.41, 5.74) is 4.84. The summed E-state index contributed by atoms with van der Waals surface area (Å²) in [6, 6.07) is 0. The Kier molecular flexibility index (Phi) is 2.24. The van der Waals surface area contributed by atoms with E-state index in [0.29, 0.717) is 0 Å². The Morgan fingerprint density at radius 2 is 1.53 bits per heavy atom. The Balaban J connectivity index is 2.10. The number of carbonyl (C=O) groups excluding carboxylic acids is 2. The van der Waals surface area contributed by atoms with Gasteiger partial charge in [0.15, 0.2) is 0 Å². The van der Waals surface area contributed by atoms with Crippen LogP contribution in [0.15, 0.2) is 0 Å². The van der Waals surface area contributed by atoms with Gasteiger partial charge in [0, 0.05) is 12.3 Å². The zero-order valence-electron chi connectivity index (χ0n) is 9.04. The van der Waals surface area contributed by atoms with Gasteiger partial charge in [0.2, 0.25) is 5.91 Å². The molecular formula is C11H17NO3. The van der Waals surface area contributed by atoms with Gasteiger partial charge in [-0.1, -0.05) is 0 Å². The number of ether oxygens (including phenoxy) is 1. The predicted molar refractivity (Wildman–Crippen MR) is 53.8 cm³/mol. The van der Waals surface area contributed by atoms with Crippen molar-refractivity contribution in [1.82, 2.24) is 0 Å². The fourth-order valence-corrected chi connectivity index (χ4v) is 2.98. The lowest BCUT2D eigenvalue weighted by atomic mass is 9.58. The van der Waals surface area contributed by atoms with Crippen LogP contribution in [0.5, 0.6) is 0 Å². The van der Waals surface area contributed by atoms with E-state index in [0.717, 1.165) is 38.5 Å². The average Bonchev–Trinajstić information content (AvgIpc) is 2.18. The Hall–Kier alpha value is -1.06. The monoisotopic (exact) mass is 211 g/mol. The number of carbonyl (C=O) groups is 2. The number of primary amides is 1. The van der Waals surface area contributed by atoms with Crippen LogP contribution in [0.1, 0.15) is 45.4 Å². The molecule has 3 aliphatic carbocycles. The van der Waals surface area contributed by atoms with Gasteiger partial charge in [0.1, 0.15) is 5.60 Å². The van der Waals surface area contributed by atoms with Crippen LogP contribution < -0.4 is 5.73 Å². The van der Waals surface area contributed by atoms with Gasteiger partial charge in [0.25, 0.3) is 0 Å². The molecule has 1 amide bonds. The molecule has 0 saturated heterocycles. The zero-order valence-corrected chi connectivity index (χ0v) is 9.04. The van der Waals surface area contributed by atoms with E-state index in [1.165, 1.54) is 6.92 Å². The van der Waals surface area contributed by atoms with Crippen molar-refractivity contribution < 1.29 is 14.3 Å². The lowest BCUT2D eigenvalue weighted by Gasteiger charge is -2.50. The zero-order chi connectivity index (χ0) is 11.1. The molecule has 0 aromatic rings. The normalized spacial score (nSPS) is 38.7. The van der Waals surface area contributed by atoms with E-state index in [1.54, 1.807) is 0 Å². The Labute approximate surface area is 89.2 Å². The Morgan fingerprint density at radius 1 is 1.07 bits per heavy atom. The van der Waals surface area contributed by atoms with Crippen molar-refractivity contribution in [2.24, 2.45) is 11.1 Å². The van der Waals surface area contributed by atoms with Gasteiger partial charge in [-0.3, -0.25) is 9.59 Å². The third-order valence-electron chi connectivity index (χ3n) is 4.06. The van der Waals surface area contributed by atoms with E-state index in [1.807, 2.05) is 0 Å². The van der Waals surface area contributed by atoms with Crippen molar-refractivity contribution in [2.75, 3.05) is 0 Å². The van der Waals surface area contributed by atoms with Gasteiger partial charge in [0.05, 0.1) is 0 Å². The second kappa shape index (κ2) is 3.22. The van der Waals surface area contributed by atoms with E-state index >= 15 is 0 Å². The maximum absolute atomic E-state index is 11.4. The largest absolute Gasteiger partial charge is 0.459 e. The predicted octanol–water partition coefficient (Wildman–Crippen LogP) is 1.13. The lowest BCUT2D eigenvalue weighted by molar-refractivity contribution is -0.176. The van der Waals surface area contributed by atoms with Gasteiger partial charge >= 0.3 is 5.97 Å². The highest BCUT2D eigenvalue weighted by atomic mass is 16.6. The molecule has 0 atom stereocenters. The molecule has 3 saturated carbocycles. The molecule has 4 nitrogen and oxygen atoms in total. The molecule has 0 aromatic carbocycles. The molecule has 2 N–H and O–H groups in total. The molecule has 0 spiro atoms. The van der Waals surface area contributed by atoms with Gasteiger partial charge < -0.3 is 10.5 Å². The fourth-order valence-electron chi connectivity index (χ4n) is 2.98. The SMILES string of the molecule is CC(=O)OC12CCC(C(N)=O)(CC1)CC2. The highest BCUT2D eigenvalue weighted by molar-refractivity contribution is 5.81. The molecule has 2 bridgehead atoms. The molecule has 4 heteroatoms. The van der Waals surface area contributed by atoms with E-state index in [-0.39, 0.29) is 22.9 Å². The number of rotatable bonds is 2. The van der Waals surface area contributed by atoms with E-state index in [2.05, 4.69) is 0 Å². The van der Waals surface area contributed by atoms with Crippen LogP contribution in [0.2, 0.25) is 0 Å². The van der Waals surface area contributed by atoms with E-state index in [9.17, 15) is 9.59 Å². The third-order valence-corrected chi connectivity index (χ3v) is 4.06. The summed E-state index contributed by atoms with van der Waals surface area (Å²) >= 11 is 0. The van der Waals surface area contributed by atoms with E-state index in [4.69, 9.17) is 10.5 Å². The molecule has 0 heterocycles. The van der Waals surface area contributed by atoms with Crippen molar-refractivity contribution in [3.8, 4) is 0 Å². The van der Waals surface area contributed by atoms with Crippen LogP contribution >= 0.6 is 0 Å². The minimum absolute atomic E-state index is 0.182. The summed E-state index contributed by atoms with van der Waals surface area (Å²) in [6.07, 6.45) is 4.68. The first-order valence-corrected chi connectivity index (χ1v) is 5.48. The summed E-state index contributed by atoms with van der Waals surface area (Å²) in [4.78, 5) is 22.4. The van der Waals surface area contributed by atoms with Crippen molar-refractivity contribution in [3.63, 3.8) is 0 Å². The van der Waals surface area contributed by atoms with Crippen molar-refractivity contribution in [3.05, 3.63) is 0 Å². The third kappa shape index (κ3) is 1.62. The van der Waals surface area contributed by atoms with Crippen LogP contribution in [0, 0.1) is 5.41 Å². The van der Waals surface area contributed by atoms with Gasteiger partial charge in [-0.2, -0.15) is 0 Å². The highest BCUT2D eigenvalue weighted by Crippen LogP contribution is 2.53. The summed E-state index contributed by atoms with van der Waals surface area (Å²) < 4.78 is 5.40. The minimum atomic E-state index is -0.304. The summed E-state index contributed by atoms with van der Waals surface area (Å²) in [6.45, 7) is 1.44. The van der Waals surface area contributed by atoms with Crippen LogP contribution in [0.25, 0.3) is 0 Å². The van der Waals surface area contributed by atoms with E-state index < -0.39 is 0 Å². The van der Waals surface area contributed by atoms with Gasteiger partial charge in [-0.25, -0.2) is 0 Å². The van der Waals surface area contributed by atoms with Crippen LogP contribution in [0.3, 0.4) is 0 Å². The number of hydrogen-bond donors (Lipinski definition) is 1. The maximum atomic E-state index is 11.4. The fraction of sp³-hybridized carbons (Fsp3) is 0.818. The molecule has 15 heavy (non-hydrogen) atoms. The molecule has 0 aromatic heterocycles. The molecular weight excluding hydrogens is 194 g/mol. The molecule has 0 unspecified atom stereocenters. The summed E-state index contributed by atoms with van der Waals surface area (Å²) in [5.74, 6) is -0.401. The molecule has 3 rings (SSSR count). The second-order valence-corrected chi connectivity index (χ2v) is 4.92. The Bertz CT molecular complexity index is 286. The quantitative estimate of drug-likeness (QED) is 0.696. The number of hydrogen-bond acceptors (Lipinski definition) is 3. The van der Waals surface area contributed by atoms with Crippen LogP contribution in [-0.2, 0) is 14.3 Å². The minimum Gasteiger partial charge on any atom is -0.459 e.